The Labute approximate surface area is 111 Å². The van der Waals surface area contributed by atoms with Gasteiger partial charge in [0.15, 0.2) is 0 Å². The van der Waals surface area contributed by atoms with Crippen molar-refractivity contribution in [3.63, 3.8) is 0 Å². The van der Waals surface area contributed by atoms with E-state index >= 15 is 0 Å². The first-order chi connectivity index (χ1) is 8.23. The molecule has 2 aliphatic heterocycles. The predicted octanol–water partition coefficient (Wildman–Crippen LogP) is 2.72. The molecule has 2 rings (SSSR count). The molecule has 0 bridgehead atoms. The molecule has 0 aromatic rings. The third kappa shape index (κ3) is 2.66. The molecule has 2 fully saturated rings. The van der Waals surface area contributed by atoms with Crippen LogP contribution in [0.15, 0.2) is 0 Å². The Morgan fingerprint density at radius 2 is 2.29 bits per heavy atom. The Kier molecular flexibility index (Phi) is 4.79. The number of rotatable bonds is 4. The Hall–Kier alpha value is 0.270. The summed E-state index contributed by atoms with van der Waals surface area (Å²) in [7, 11) is 0. The third-order valence-electron chi connectivity index (χ3n) is 4.84. The van der Waals surface area contributed by atoms with Gasteiger partial charge in [-0.3, -0.25) is 4.90 Å². The van der Waals surface area contributed by atoms with Gasteiger partial charge in [-0.1, -0.05) is 20.3 Å². The predicted molar refractivity (Wildman–Crippen MR) is 77.5 cm³/mol. The number of nitrogens with zero attached hydrogens (tertiary/aromatic N) is 1. The summed E-state index contributed by atoms with van der Waals surface area (Å²) >= 11 is 2.13. The number of hydrogen-bond donors (Lipinski definition) is 1. The largest absolute Gasteiger partial charge is 0.329 e. The number of thioether (sulfide) groups is 1. The lowest BCUT2D eigenvalue weighted by molar-refractivity contribution is 0.104. The lowest BCUT2D eigenvalue weighted by Gasteiger charge is -2.48. The highest BCUT2D eigenvalue weighted by Gasteiger charge is 2.44. The van der Waals surface area contributed by atoms with E-state index in [2.05, 4.69) is 30.5 Å². The van der Waals surface area contributed by atoms with Crippen molar-refractivity contribution in [1.82, 2.24) is 4.90 Å². The van der Waals surface area contributed by atoms with Crippen molar-refractivity contribution < 1.29 is 0 Å². The van der Waals surface area contributed by atoms with Gasteiger partial charge in [-0.2, -0.15) is 11.8 Å². The minimum atomic E-state index is 0.311. The molecule has 0 spiro atoms. The molecule has 2 N–H and O–H groups in total. The van der Waals surface area contributed by atoms with E-state index in [4.69, 9.17) is 5.73 Å². The number of nitrogens with two attached hydrogens (primary N) is 1. The monoisotopic (exact) mass is 256 g/mol. The molecule has 0 aromatic heterocycles. The molecule has 2 nitrogen and oxygen atoms in total. The van der Waals surface area contributed by atoms with Gasteiger partial charge in [-0.05, 0) is 43.9 Å². The topological polar surface area (TPSA) is 29.3 Å². The first kappa shape index (κ1) is 13.7. The highest BCUT2D eigenvalue weighted by Crippen LogP contribution is 2.40. The van der Waals surface area contributed by atoms with Crippen LogP contribution in [0, 0.1) is 5.92 Å². The van der Waals surface area contributed by atoms with Crippen molar-refractivity contribution in [3.8, 4) is 0 Å². The van der Waals surface area contributed by atoms with Crippen LogP contribution in [-0.4, -0.2) is 41.1 Å². The summed E-state index contributed by atoms with van der Waals surface area (Å²) in [4.78, 5) is 2.74. The second kappa shape index (κ2) is 5.94. The van der Waals surface area contributed by atoms with E-state index in [-0.39, 0.29) is 0 Å². The fourth-order valence-electron chi connectivity index (χ4n) is 3.69. The van der Waals surface area contributed by atoms with Crippen molar-refractivity contribution in [2.24, 2.45) is 11.7 Å². The molecule has 2 aliphatic rings. The summed E-state index contributed by atoms with van der Waals surface area (Å²) in [6.45, 7) is 8.13. The minimum absolute atomic E-state index is 0.311. The van der Waals surface area contributed by atoms with Crippen LogP contribution in [-0.2, 0) is 0 Å². The van der Waals surface area contributed by atoms with E-state index in [1.807, 2.05) is 0 Å². The van der Waals surface area contributed by atoms with Crippen LogP contribution in [0.2, 0.25) is 0 Å². The highest BCUT2D eigenvalue weighted by molar-refractivity contribution is 8.00. The summed E-state index contributed by atoms with van der Waals surface area (Å²) in [5.74, 6) is 2.26. The van der Waals surface area contributed by atoms with Crippen LogP contribution in [0.3, 0.4) is 0 Å². The molecule has 2 heterocycles. The molecule has 0 radical (unpaired) electrons. The average molecular weight is 256 g/mol. The maximum Gasteiger partial charge on any atom is 0.0447 e. The summed E-state index contributed by atoms with van der Waals surface area (Å²) < 4.78 is 0. The van der Waals surface area contributed by atoms with Crippen LogP contribution >= 0.6 is 11.8 Å². The molecule has 0 amide bonds. The van der Waals surface area contributed by atoms with Crippen molar-refractivity contribution in [2.75, 3.05) is 25.4 Å². The molecule has 3 unspecified atom stereocenters. The fraction of sp³-hybridized carbons (Fsp3) is 1.00. The van der Waals surface area contributed by atoms with Gasteiger partial charge in [0, 0.05) is 23.9 Å². The Balaban J connectivity index is 2.03. The van der Waals surface area contributed by atoms with E-state index in [0.29, 0.717) is 10.8 Å². The molecule has 0 aliphatic carbocycles. The smallest absolute Gasteiger partial charge is 0.0447 e. The van der Waals surface area contributed by atoms with Gasteiger partial charge < -0.3 is 5.73 Å². The SMILES string of the molecule is CCCC1CCN(C2(CN)CCCSC2C)C1. The Bertz CT molecular complexity index is 246. The van der Waals surface area contributed by atoms with E-state index < -0.39 is 0 Å². The minimum Gasteiger partial charge on any atom is -0.329 e. The van der Waals surface area contributed by atoms with Gasteiger partial charge in [-0.25, -0.2) is 0 Å². The zero-order valence-corrected chi connectivity index (χ0v) is 12.3. The molecule has 3 atom stereocenters. The standard InChI is InChI=1S/C14H28N2S/c1-3-5-13-6-8-16(10-13)14(11-15)7-4-9-17-12(14)2/h12-13H,3-11,15H2,1-2H3. The fourth-order valence-corrected chi connectivity index (χ4v) is 5.03. The normalized spacial score (nSPS) is 39.7. The van der Waals surface area contributed by atoms with Crippen LogP contribution in [0.5, 0.6) is 0 Å². The Morgan fingerprint density at radius 3 is 2.94 bits per heavy atom. The summed E-state index contributed by atoms with van der Waals surface area (Å²) in [6, 6.07) is 0. The van der Waals surface area contributed by atoms with Crippen LogP contribution in [0.4, 0.5) is 0 Å². The molecule has 0 saturated carbocycles. The van der Waals surface area contributed by atoms with Crippen LogP contribution in [0.1, 0.15) is 46.0 Å². The van der Waals surface area contributed by atoms with Crippen LogP contribution in [0.25, 0.3) is 0 Å². The van der Waals surface area contributed by atoms with Gasteiger partial charge in [0.2, 0.25) is 0 Å². The molecule has 3 heteroatoms. The molecule has 17 heavy (non-hydrogen) atoms. The maximum atomic E-state index is 6.17. The lowest BCUT2D eigenvalue weighted by Crippen LogP contribution is -2.60. The highest BCUT2D eigenvalue weighted by atomic mass is 32.2. The number of hydrogen-bond acceptors (Lipinski definition) is 3. The van der Waals surface area contributed by atoms with E-state index in [9.17, 15) is 0 Å². The number of likely N-dealkylation sites (tertiary alicyclic amines) is 1. The quantitative estimate of drug-likeness (QED) is 0.838. The molecule has 2 saturated heterocycles. The van der Waals surface area contributed by atoms with E-state index in [1.54, 1.807) is 0 Å². The van der Waals surface area contributed by atoms with Gasteiger partial charge in [0.25, 0.3) is 0 Å². The summed E-state index contributed by atoms with van der Waals surface area (Å²) in [6.07, 6.45) is 6.79. The zero-order chi connectivity index (χ0) is 12.3. The van der Waals surface area contributed by atoms with Gasteiger partial charge in [0.1, 0.15) is 0 Å². The van der Waals surface area contributed by atoms with Crippen molar-refractivity contribution in [3.05, 3.63) is 0 Å². The first-order valence-corrected chi connectivity index (χ1v) is 8.34. The third-order valence-corrected chi connectivity index (χ3v) is 6.31. The second-order valence-corrected chi connectivity index (χ2v) is 7.26. The van der Waals surface area contributed by atoms with Gasteiger partial charge in [0.05, 0.1) is 0 Å². The molecule has 100 valence electrons. The first-order valence-electron chi connectivity index (χ1n) is 7.29. The van der Waals surface area contributed by atoms with Crippen molar-refractivity contribution in [1.29, 1.82) is 0 Å². The zero-order valence-electron chi connectivity index (χ0n) is 11.5. The van der Waals surface area contributed by atoms with Crippen molar-refractivity contribution >= 4 is 11.8 Å². The van der Waals surface area contributed by atoms with E-state index in [1.165, 1.54) is 50.9 Å². The van der Waals surface area contributed by atoms with Crippen LogP contribution < -0.4 is 5.73 Å². The van der Waals surface area contributed by atoms with Gasteiger partial charge in [-0.15, -0.1) is 0 Å². The lowest BCUT2D eigenvalue weighted by atomic mass is 9.87. The van der Waals surface area contributed by atoms with E-state index in [0.717, 1.165) is 12.5 Å². The van der Waals surface area contributed by atoms with Crippen molar-refractivity contribution in [2.45, 2.75) is 56.7 Å². The summed E-state index contributed by atoms with van der Waals surface area (Å²) in [5, 5.41) is 0.710. The average Bonchev–Trinajstić information content (AvgIpc) is 2.80. The summed E-state index contributed by atoms with van der Waals surface area (Å²) in [5.41, 5.74) is 6.48. The van der Waals surface area contributed by atoms with Gasteiger partial charge >= 0.3 is 0 Å². The Morgan fingerprint density at radius 1 is 1.47 bits per heavy atom. The molecule has 0 aromatic carbocycles. The maximum absolute atomic E-state index is 6.17. The molecular formula is C14H28N2S. The molecular weight excluding hydrogens is 228 g/mol. The second-order valence-electron chi connectivity index (χ2n) is 5.81.